The SMILES string of the molecule is O=S(=O)(Nc1nc2ccccc2nc1NCCn1cccn1)c1cccc(Cl)c1. The van der Waals surface area contributed by atoms with Gasteiger partial charge in [0.15, 0.2) is 11.6 Å². The quantitative estimate of drug-likeness (QED) is 0.467. The molecule has 0 aliphatic carbocycles. The van der Waals surface area contributed by atoms with Crippen molar-refractivity contribution in [2.45, 2.75) is 11.4 Å². The molecule has 8 nitrogen and oxygen atoms in total. The minimum Gasteiger partial charge on any atom is -0.365 e. The van der Waals surface area contributed by atoms with Crippen LogP contribution in [0.1, 0.15) is 0 Å². The minimum absolute atomic E-state index is 0.0439. The number of benzene rings is 2. The maximum absolute atomic E-state index is 12.8. The first-order valence-corrected chi connectivity index (χ1v) is 10.6. The van der Waals surface area contributed by atoms with Crippen LogP contribution in [0.15, 0.2) is 71.9 Å². The summed E-state index contributed by atoms with van der Waals surface area (Å²) >= 11 is 5.94. The van der Waals surface area contributed by atoms with Crippen molar-refractivity contribution in [1.29, 1.82) is 0 Å². The Hall–Kier alpha value is -3.17. The standard InChI is InChI=1S/C19H17ClN6O2S/c20-14-5-3-6-15(13-14)29(27,28)25-19-18(21-10-12-26-11-4-9-22-26)23-16-7-1-2-8-17(16)24-19/h1-9,11,13H,10,12H2,(H,21,23)(H,24,25). The number of aromatic nitrogens is 4. The molecule has 0 radical (unpaired) electrons. The molecule has 0 atom stereocenters. The van der Waals surface area contributed by atoms with Crippen molar-refractivity contribution in [3.63, 3.8) is 0 Å². The van der Waals surface area contributed by atoms with Crippen LogP contribution in [0.5, 0.6) is 0 Å². The Labute approximate surface area is 172 Å². The molecule has 2 aromatic heterocycles. The van der Waals surface area contributed by atoms with Crippen molar-refractivity contribution < 1.29 is 8.42 Å². The van der Waals surface area contributed by atoms with Crippen LogP contribution in [0.25, 0.3) is 11.0 Å². The molecule has 0 amide bonds. The van der Waals surface area contributed by atoms with E-state index in [1.807, 2.05) is 30.5 Å². The van der Waals surface area contributed by atoms with Crippen molar-refractivity contribution in [3.8, 4) is 0 Å². The molecular formula is C19H17ClN6O2S. The molecular weight excluding hydrogens is 412 g/mol. The fourth-order valence-electron chi connectivity index (χ4n) is 2.74. The summed E-state index contributed by atoms with van der Waals surface area (Å²) in [5.74, 6) is 0.450. The maximum atomic E-state index is 12.8. The molecule has 2 heterocycles. The Morgan fingerprint density at radius 3 is 2.41 bits per heavy atom. The van der Waals surface area contributed by atoms with E-state index in [0.29, 0.717) is 35.0 Å². The largest absolute Gasteiger partial charge is 0.365 e. The van der Waals surface area contributed by atoms with Gasteiger partial charge in [-0.15, -0.1) is 0 Å². The summed E-state index contributed by atoms with van der Waals surface area (Å²) in [6, 6.07) is 15.1. The highest BCUT2D eigenvalue weighted by Gasteiger charge is 2.19. The van der Waals surface area contributed by atoms with E-state index in [-0.39, 0.29) is 10.7 Å². The van der Waals surface area contributed by atoms with E-state index < -0.39 is 10.0 Å². The van der Waals surface area contributed by atoms with Gasteiger partial charge in [-0.05, 0) is 36.4 Å². The van der Waals surface area contributed by atoms with Crippen molar-refractivity contribution >= 4 is 44.3 Å². The number of halogens is 1. The Balaban J connectivity index is 1.65. The summed E-state index contributed by atoms with van der Waals surface area (Å²) in [6.07, 6.45) is 3.54. The zero-order valence-electron chi connectivity index (χ0n) is 15.2. The van der Waals surface area contributed by atoms with Crippen LogP contribution < -0.4 is 10.0 Å². The molecule has 0 spiro atoms. The third-order valence-corrected chi connectivity index (χ3v) is 5.67. The van der Waals surface area contributed by atoms with Crippen LogP contribution in [0.2, 0.25) is 5.02 Å². The normalized spacial score (nSPS) is 11.5. The number of para-hydroxylation sites is 2. The highest BCUT2D eigenvalue weighted by molar-refractivity contribution is 7.92. The Morgan fingerprint density at radius 1 is 0.966 bits per heavy atom. The molecule has 29 heavy (non-hydrogen) atoms. The Kier molecular flexibility index (Phi) is 5.32. The average Bonchev–Trinajstić information content (AvgIpc) is 3.21. The van der Waals surface area contributed by atoms with E-state index in [1.54, 1.807) is 29.1 Å². The van der Waals surface area contributed by atoms with Gasteiger partial charge in [0.05, 0.1) is 22.5 Å². The molecule has 0 saturated carbocycles. The lowest BCUT2D eigenvalue weighted by Crippen LogP contribution is -2.18. The van der Waals surface area contributed by atoms with Gasteiger partial charge in [-0.25, -0.2) is 18.4 Å². The molecule has 2 N–H and O–H groups in total. The van der Waals surface area contributed by atoms with E-state index in [4.69, 9.17) is 11.6 Å². The highest BCUT2D eigenvalue weighted by atomic mass is 35.5. The van der Waals surface area contributed by atoms with Gasteiger partial charge in [-0.1, -0.05) is 29.8 Å². The third-order valence-electron chi connectivity index (χ3n) is 4.10. The van der Waals surface area contributed by atoms with Crippen LogP contribution in [0, 0.1) is 0 Å². The Morgan fingerprint density at radius 2 is 1.72 bits per heavy atom. The van der Waals surface area contributed by atoms with E-state index in [0.717, 1.165) is 0 Å². The number of anilines is 2. The molecule has 10 heteroatoms. The number of rotatable bonds is 7. The maximum Gasteiger partial charge on any atom is 0.263 e. The highest BCUT2D eigenvalue weighted by Crippen LogP contribution is 2.25. The molecule has 0 unspecified atom stereocenters. The van der Waals surface area contributed by atoms with Crippen molar-refractivity contribution in [3.05, 3.63) is 72.0 Å². The summed E-state index contributed by atoms with van der Waals surface area (Å²) in [5.41, 5.74) is 1.23. The van der Waals surface area contributed by atoms with E-state index in [2.05, 4.69) is 25.1 Å². The first kappa shape index (κ1) is 19.2. The summed E-state index contributed by atoms with van der Waals surface area (Å²) in [5, 5.41) is 7.61. The van der Waals surface area contributed by atoms with Crippen LogP contribution in [-0.2, 0) is 16.6 Å². The summed E-state index contributed by atoms with van der Waals surface area (Å²) in [4.78, 5) is 9.03. The van der Waals surface area contributed by atoms with Crippen molar-refractivity contribution in [2.75, 3.05) is 16.6 Å². The zero-order valence-corrected chi connectivity index (χ0v) is 16.7. The van der Waals surface area contributed by atoms with Gasteiger partial charge in [0.2, 0.25) is 0 Å². The Bertz CT molecular complexity index is 1240. The second kappa shape index (κ2) is 8.06. The van der Waals surface area contributed by atoms with Crippen molar-refractivity contribution in [1.82, 2.24) is 19.7 Å². The predicted molar refractivity (Wildman–Crippen MR) is 113 cm³/mol. The van der Waals surface area contributed by atoms with Crippen LogP contribution in [0.4, 0.5) is 11.6 Å². The molecule has 4 aromatic rings. The van der Waals surface area contributed by atoms with Crippen LogP contribution in [0.3, 0.4) is 0 Å². The van der Waals surface area contributed by atoms with E-state index in [9.17, 15) is 8.42 Å². The van der Waals surface area contributed by atoms with Crippen LogP contribution >= 0.6 is 11.6 Å². The van der Waals surface area contributed by atoms with Crippen molar-refractivity contribution in [2.24, 2.45) is 0 Å². The van der Waals surface area contributed by atoms with Gasteiger partial charge >= 0.3 is 0 Å². The molecule has 148 valence electrons. The lowest BCUT2D eigenvalue weighted by molar-refractivity contribution is 0.601. The molecule has 4 rings (SSSR count). The topological polar surface area (TPSA) is 102 Å². The van der Waals surface area contributed by atoms with Gasteiger partial charge in [0.25, 0.3) is 10.0 Å². The molecule has 0 fully saturated rings. The van der Waals surface area contributed by atoms with Gasteiger partial charge in [-0.3, -0.25) is 9.40 Å². The fraction of sp³-hybridized carbons (Fsp3) is 0.105. The van der Waals surface area contributed by atoms with Gasteiger partial charge < -0.3 is 5.32 Å². The lowest BCUT2D eigenvalue weighted by atomic mass is 10.3. The number of nitrogens with one attached hydrogen (secondary N) is 2. The summed E-state index contributed by atoms with van der Waals surface area (Å²) < 4.78 is 29.9. The molecule has 0 aliphatic rings. The van der Waals surface area contributed by atoms with E-state index >= 15 is 0 Å². The van der Waals surface area contributed by atoms with Crippen LogP contribution in [-0.4, -0.2) is 34.7 Å². The summed E-state index contributed by atoms with van der Waals surface area (Å²) in [7, 11) is -3.89. The number of hydrogen-bond donors (Lipinski definition) is 2. The monoisotopic (exact) mass is 428 g/mol. The molecule has 0 bridgehead atoms. The number of sulfonamides is 1. The second-order valence-corrected chi connectivity index (χ2v) is 8.29. The number of fused-ring (bicyclic) bond motifs is 1. The third kappa shape index (κ3) is 4.47. The van der Waals surface area contributed by atoms with E-state index in [1.165, 1.54) is 12.1 Å². The van der Waals surface area contributed by atoms with Gasteiger partial charge in [-0.2, -0.15) is 5.10 Å². The smallest absolute Gasteiger partial charge is 0.263 e. The van der Waals surface area contributed by atoms with Gasteiger partial charge in [0, 0.05) is 24.0 Å². The molecule has 0 aliphatic heterocycles. The molecule has 2 aromatic carbocycles. The van der Waals surface area contributed by atoms with Gasteiger partial charge in [0.1, 0.15) is 0 Å². The first-order chi connectivity index (χ1) is 14.0. The zero-order chi connectivity index (χ0) is 20.3. The minimum atomic E-state index is -3.89. The average molecular weight is 429 g/mol. The number of hydrogen-bond acceptors (Lipinski definition) is 6. The summed E-state index contributed by atoms with van der Waals surface area (Å²) in [6.45, 7) is 1.07. The first-order valence-electron chi connectivity index (χ1n) is 8.78. The predicted octanol–water partition coefficient (Wildman–Crippen LogP) is 3.39. The number of nitrogens with zero attached hydrogens (tertiary/aromatic N) is 4. The lowest BCUT2D eigenvalue weighted by Gasteiger charge is -2.14. The molecule has 0 saturated heterocycles. The second-order valence-electron chi connectivity index (χ2n) is 6.17. The fourth-order valence-corrected chi connectivity index (χ4v) is 4.05.